The molecule has 0 aliphatic carbocycles. The summed E-state index contributed by atoms with van der Waals surface area (Å²) in [6.07, 6.45) is 0.317. The van der Waals surface area contributed by atoms with Crippen molar-refractivity contribution in [3.63, 3.8) is 0 Å². The van der Waals surface area contributed by atoms with Gasteiger partial charge in [-0.25, -0.2) is 8.78 Å². The summed E-state index contributed by atoms with van der Waals surface area (Å²) in [5, 5.41) is 8.46. The van der Waals surface area contributed by atoms with Gasteiger partial charge < -0.3 is 9.84 Å². The summed E-state index contributed by atoms with van der Waals surface area (Å²) in [5.74, 6) is -3.67. The molecule has 1 aromatic rings. The minimum Gasteiger partial charge on any atom is -0.493 e. The molecule has 0 bridgehead atoms. The zero-order chi connectivity index (χ0) is 13.2. The molecule has 0 spiro atoms. The summed E-state index contributed by atoms with van der Waals surface area (Å²) in [7, 11) is 0. The van der Waals surface area contributed by atoms with E-state index < -0.39 is 24.7 Å². The van der Waals surface area contributed by atoms with Crippen LogP contribution < -0.4 is 4.74 Å². The van der Waals surface area contributed by atoms with Gasteiger partial charge in [-0.1, -0.05) is 0 Å². The second-order valence-electron chi connectivity index (χ2n) is 4.37. The van der Waals surface area contributed by atoms with E-state index in [1.807, 2.05) is 0 Å². The minimum absolute atomic E-state index is 0.131. The molecular weight excluding hydrogens is 242 g/mol. The Kier molecular flexibility index (Phi) is 3.50. The second kappa shape index (κ2) is 4.92. The zero-order valence-electron chi connectivity index (χ0n) is 9.79. The van der Waals surface area contributed by atoms with Crippen LogP contribution in [0.4, 0.5) is 8.78 Å². The maximum Gasteiger partial charge on any atom is 0.303 e. The number of hydrogen-bond donors (Lipinski definition) is 1. The van der Waals surface area contributed by atoms with E-state index in [4.69, 9.17) is 9.84 Å². The average Bonchev–Trinajstić information content (AvgIpc) is 2.36. The van der Waals surface area contributed by atoms with Gasteiger partial charge >= 0.3 is 5.97 Å². The van der Waals surface area contributed by atoms with E-state index in [1.165, 1.54) is 12.1 Å². The Morgan fingerprint density at radius 1 is 1.44 bits per heavy atom. The first-order valence-electron chi connectivity index (χ1n) is 5.85. The summed E-state index contributed by atoms with van der Waals surface area (Å²) >= 11 is 0. The highest BCUT2D eigenvalue weighted by atomic mass is 19.3. The third-order valence-corrected chi connectivity index (χ3v) is 2.98. The normalized spacial score (nSPS) is 14.8. The van der Waals surface area contributed by atoms with Gasteiger partial charge in [0, 0.05) is 12.0 Å². The highest BCUT2D eigenvalue weighted by Crippen LogP contribution is 2.36. The number of hydrogen-bond acceptors (Lipinski definition) is 2. The van der Waals surface area contributed by atoms with Crippen molar-refractivity contribution in [2.75, 3.05) is 6.61 Å². The number of carboxylic acids is 1. The Balaban J connectivity index is 2.19. The summed E-state index contributed by atoms with van der Waals surface area (Å²) in [6, 6.07) is 4.28. The van der Waals surface area contributed by atoms with Crippen LogP contribution in [0.15, 0.2) is 18.2 Å². The molecular formula is C13H14F2O3. The van der Waals surface area contributed by atoms with Gasteiger partial charge in [-0.05, 0) is 36.6 Å². The molecule has 0 unspecified atom stereocenters. The minimum atomic E-state index is -3.11. The molecule has 1 N–H and O–H groups in total. The predicted molar refractivity (Wildman–Crippen MR) is 61.0 cm³/mol. The number of aliphatic carboxylic acids is 1. The van der Waals surface area contributed by atoms with Crippen molar-refractivity contribution in [1.29, 1.82) is 0 Å². The van der Waals surface area contributed by atoms with Gasteiger partial charge in [0.1, 0.15) is 5.75 Å². The largest absolute Gasteiger partial charge is 0.493 e. The van der Waals surface area contributed by atoms with E-state index in [2.05, 4.69) is 0 Å². The predicted octanol–water partition coefficient (Wildman–Crippen LogP) is 2.97. The van der Waals surface area contributed by atoms with Gasteiger partial charge in [-0.2, -0.15) is 0 Å². The van der Waals surface area contributed by atoms with Crippen LogP contribution >= 0.6 is 0 Å². The lowest BCUT2D eigenvalue weighted by Gasteiger charge is -2.21. The van der Waals surface area contributed by atoms with Crippen LogP contribution in [-0.2, 0) is 17.1 Å². The van der Waals surface area contributed by atoms with Crippen molar-refractivity contribution in [3.8, 4) is 5.75 Å². The number of halogens is 2. The molecule has 18 heavy (non-hydrogen) atoms. The molecule has 1 aromatic carbocycles. The number of ether oxygens (including phenoxy) is 1. The lowest BCUT2D eigenvalue weighted by atomic mass is 9.98. The molecule has 2 rings (SSSR count). The van der Waals surface area contributed by atoms with E-state index in [1.54, 1.807) is 6.07 Å². The highest BCUT2D eigenvalue weighted by Gasteiger charge is 2.32. The first-order chi connectivity index (χ1) is 8.49. The van der Waals surface area contributed by atoms with Crippen LogP contribution in [0.25, 0.3) is 0 Å². The Hall–Kier alpha value is -1.65. The van der Waals surface area contributed by atoms with Crippen LogP contribution in [0.2, 0.25) is 0 Å². The molecule has 0 amide bonds. The molecule has 98 valence electrons. The topological polar surface area (TPSA) is 46.5 Å². The number of carboxylic acid groups (broad SMARTS) is 1. The van der Waals surface area contributed by atoms with Crippen LogP contribution in [-0.4, -0.2) is 17.7 Å². The third-order valence-electron chi connectivity index (χ3n) is 2.98. The van der Waals surface area contributed by atoms with Gasteiger partial charge in [-0.15, -0.1) is 0 Å². The SMILES string of the molecule is O=C(O)CCC(F)(F)c1ccc2c(c1)CCCO2. The van der Waals surface area contributed by atoms with Gasteiger partial charge in [-0.3, -0.25) is 4.79 Å². The van der Waals surface area contributed by atoms with Crippen molar-refractivity contribution in [3.05, 3.63) is 29.3 Å². The quantitative estimate of drug-likeness (QED) is 0.900. The molecule has 1 aliphatic rings. The number of carbonyl (C=O) groups is 1. The molecule has 5 heteroatoms. The molecule has 3 nitrogen and oxygen atoms in total. The summed E-state index contributed by atoms with van der Waals surface area (Å²) in [5.41, 5.74) is 0.641. The average molecular weight is 256 g/mol. The van der Waals surface area contributed by atoms with E-state index in [0.29, 0.717) is 12.4 Å². The van der Waals surface area contributed by atoms with Crippen molar-refractivity contribution >= 4 is 5.97 Å². The van der Waals surface area contributed by atoms with Crippen molar-refractivity contribution in [2.24, 2.45) is 0 Å². The smallest absolute Gasteiger partial charge is 0.303 e. The maximum atomic E-state index is 13.8. The molecule has 0 fully saturated rings. The Labute approximate surface area is 103 Å². The molecule has 0 saturated carbocycles. The van der Waals surface area contributed by atoms with E-state index in [-0.39, 0.29) is 5.56 Å². The van der Waals surface area contributed by atoms with Gasteiger partial charge in [0.2, 0.25) is 0 Å². The summed E-state index contributed by atoms with van der Waals surface area (Å²) < 4.78 is 32.9. The van der Waals surface area contributed by atoms with Crippen LogP contribution in [0.1, 0.15) is 30.4 Å². The Morgan fingerprint density at radius 2 is 2.22 bits per heavy atom. The second-order valence-corrected chi connectivity index (χ2v) is 4.37. The molecule has 0 aromatic heterocycles. The van der Waals surface area contributed by atoms with E-state index in [9.17, 15) is 13.6 Å². The first-order valence-corrected chi connectivity index (χ1v) is 5.85. The Morgan fingerprint density at radius 3 is 2.94 bits per heavy atom. The molecule has 1 heterocycles. The van der Waals surface area contributed by atoms with E-state index in [0.717, 1.165) is 18.4 Å². The summed E-state index contributed by atoms with van der Waals surface area (Å²) in [4.78, 5) is 10.4. The van der Waals surface area contributed by atoms with Crippen LogP contribution in [0.3, 0.4) is 0 Å². The van der Waals surface area contributed by atoms with Gasteiger partial charge in [0.15, 0.2) is 0 Å². The summed E-state index contributed by atoms with van der Waals surface area (Å²) in [6.45, 7) is 0.613. The van der Waals surface area contributed by atoms with Crippen molar-refractivity contribution in [2.45, 2.75) is 31.6 Å². The van der Waals surface area contributed by atoms with Crippen LogP contribution in [0.5, 0.6) is 5.75 Å². The maximum absolute atomic E-state index is 13.8. The molecule has 0 atom stereocenters. The van der Waals surface area contributed by atoms with Gasteiger partial charge in [0.05, 0.1) is 13.0 Å². The first kappa shape index (κ1) is 12.8. The highest BCUT2D eigenvalue weighted by molar-refractivity contribution is 5.66. The van der Waals surface area contributed by atoms with E-state index >= 15 is 0 Å². The molecule has 0 saturated heterocycles. The zero-order valence-corrected chi connectivity index (χ0v) is 9.79. The van der Waals surface area contributed by atoms with Crippen LogP contribution in [0, 0.1) is 0 Å². The number of benzene rings is 1. The fraction of sp³-hybridized carbons (Fsp3) is 0.462. The lowest BCUT2D eigenvalue weighted by molar-refractivity contribution is -0.139. The number of rotatable bonds is 4. The fourth-order valence-corrected chi connectivity index (χ4v) is 2.00. The molecule has 1 aliphatic heterocycles. The standard InChI is InChI=1S/C13H14F2O3/c14-13(15,6-5-12(16)17)10-3-4-11-9(8-10)2-1-7-18-11/h3-4,8H,1-2,5-7H2,(H,16,17). The number of aryl methyl sites for hydroxylation is 1. The van der Waals surface area contributed by atoms with Gasteiger partial charge in [0.25, 0.3) is 5.92 Å². The Bertz CT molecular complexity index is 458. The lowest BCUT2D eigenvalue weighted by Crippen LogP contribution is -2.17. The van der Waals surface area contributed by atoms with Crippen molar-refractivity contribution < 1.29 is 23.4 Å². The van der Waals surface area contributed by atoms with Crippen molar-refractivity contribution in [1.82, 2.24) is 0 Å². The third kappa shape index (κ3) is 2.78. The monoisotopic (exact) mass is 256 g/mol. The molecule has 0 radical (unpaired) electrons. The number of alkyl halides is 2. The number of fused-ring (bicyclic) bond motifs is 1. The fourth-order valence-electron chi connectivity index (χ4n) is 2.00.